The van der Waals surface area contributed by atoms with Gasteiger partial charge in [-0.3, -0.25) is 14.4 Å². The lowest BCUT2D eigenvalue weighted by Gasteiger charge is -2.35. The molecule has 3 atom stereocenters. The molecule has 0 radical (unpaired) electrons. The van der Waals surface area contributed by atoms with Crippen LogP contribution >= 0.6 is 0 Å². The molecule has 0 spiro atoms. The molecular weight excluding hydrogens is 256 g/mol. The minimum atomic E-state index is -0.185. The van der Waals surface area contributed by atoms with Gasteiger partial charge < -0.3 is 10.1 Å². The largest absolute Gasteiger partial charge is 0.375 e. The lowest BCUT2D eigenvalue weighted by atomic mass is 10.1. The van der Waals surface area contributed by atoms with E-state index in [0.29, 0.717) is 12.6 Å². The van der Waals surface area contributed by atoms with E-state index in [2.05, 4.69) is 29.2 Å². The molecule has 20 heavy (non-hydrogen) atoms. The fourth-order valence-electron chi connectivity index (χ4n) is 3.09. The monoisotopic (exact) mass is 278 g/mol. The number of aromatic nitrogens is 2. The highest BCUT2D eigenvalue weighted by atomic mass is 16.5. The minimum absolute atomic E-state index is 0.0545. The van der Waals surface area contributed by atoms with Crippen molar-refractivity contribution in [2.75, 3.05) is 13.2 Å². The van der Waals surface area contributed by atoms with Crippen LogP contribution in [0.4, 0.5) is 0 Å². The minimum Gasteiger partial charge on any atom is -0.375 e. The lowest BCUT2D eigenvalue weighted by Crippen LogP contribution is -2.49. The van der Waals surface area contributed by atoms with Gasteiger partial charge in [-0.2, -0.15) is 5.10 Å². The number of carbonyl (C=O) groups is 1. The molecule has 1 N–H and O–H groups in total. The van der Waals surface area contributed by atoms with Gasteiger partial charge in [-0.25, -0.2) is 0 Å². The Hall–Kier alpha value is -1.40. The van der Waals surface area contributed by atoms with E-state index in [0.717, 1.165) is 17.8 Å². The van der Waals surface area contributed by atoms with Gasteiger partial charge in [0.15, 0.2) is 0 Å². The maximum Gasteiger partial charge on any atom is 0.241 e. The summed E-state index contributed by atoms with van der Waals surface area (Å²) in [5, 5.41) is 7.63. The summed E-state index contributed by atoms with van der Waals surface area (Å²) in [7, 11) is 0. The number of ether oxygens (including phenoxy) is 1. The molecular formula is C14H22N4O2. The maximum absolute atomic E-state index is 12.2. The van der Waals surface area contributed by atoms with Gasteiger partial charge in [-0.05, 0) is 27.7 Å². The molecule has 6 heteroatoms. The summed E-state index contributed by atoms with van der Waals surface area (Å²) in [4.78, 5) is 14.4. The first-order valence-corrected chi connectivity index (χ1v) is 7.22. The van der Waals surface area contributed by atoms with Gasteiger partial charge in [0.1, 0.15) is 12.2 Å². The van der Waals surface area contributed by atoms with E-state index in [-0.39, 0.29) is 24.2 Å². The Kier molecular flexibility index (Phi) is 3.30. The van der Waals surface area contributed by atoms with E-state index in [4.69, 9.17) is 4.74 Å². The van der Waals surface area contributed by atoms with Crippen molar-refractivity contribution in [2.24, 2.45) is 0 Å². The average Bonchev–Trinajstić information content (AvgIpc) is 2.92. The zero-order valence-electron chi connectivity index (χ0n) is 12.5. The highest BCUT2D eigenvalue weighted by Crippen LogP contribution is 2.32. The second-order valence-corrected chi connectivity index (χ2v) is 5.91. The number of hydrogen-bond donors (Lipinski definition) is 1. The number of nitrogens with one attached hydrogen (secondary N) is 1. The van der Waals surface area contributed by atoms with Crippen molar-refractivity contribution in [3.63, 3.8) is 0 Å². The maximum atomic E-state index is 12.2. The zero-order chi connectivity index (χ0) is 14.4. The molecule has 0 bridgehead atoms. The first kappa shape index (κ1) is 13.6. The van der Waals surface area contributed by atoms with Crippen LogP contribution in [0.1, 0.15) is 44.2 Å². The van der Waals surface area contributed by atoms with Gasteiger partial charge in [0.25, 0.3) is 0 Å². The van der Waals surface area contributed by atoms with Gasteiger partial charge in [0, 0.05) is 24.3 Å². The second kappa shape index (κ2) is 4.86. The molecule has 1 aromatic rings. The fraction of sp³-hybridized carbons (Fsp3) is 0.714. The summed E-state index contributed by atoms with van der Waals surface area (Å²) in [5.41, 5.74) is 2.06. The molecule has 2 saturated heterocycles. The molecule has 2 aliphatic rings. The molecule has 110 valence electrons. The molecule has 0 aliphatic carbocycles. The summed E-state index contributed by atoms with van der Waals surface area (Å²) in [6, 6.07) is 0.134. The van der Waals surface area contributed by atoms with Crippen LogP contribution in [-0.4, -0.2) is 45.9 Å². The Balaban J connectivity index is 1.93. The highest BCUT2D eigenvalue weighted by molar-refractivity contribution is 5.85. The van der Waals surface area contributed by atoms with Gasteiger partial charge in [0.2, 0.25) is 5.91 Å². The number of rotatable bonds is 2. The SMILES string of the molecule is Cc1nn(C(C)C)cc1C1NC(=O)[C@@H]2[C@@H](C)OCCN12. The number of morpholine rings is 1. The quantitative estimate of drug-likeness (QED) is 0.876. The summed E-state index contributed by atoms with van der Waals surface area (Å²) in [6.07, 6.45) is 1.91. The van der Waals surface area contributed by atoms with E-state index >= 15 is 0 Å². The zero-order valence-corrected chi connectivity index (χ0v) is 12.5. The molecule has 6 nitrogen and oxygen atoms in total. The van der Waals surface area contributed by atoms with Crippen molar-refractivity contribution in [1.29, 1.82) is 0 Å². The highest BCUT2D eigenvalue weighted by Gasteiger charge is 2.46. The van der Waals surface area contributed by atoms with Crippen molar-refractivity contribution in [2.45, 2.75) is 52.0 Å². The van der Waals surface area contributed by atoms with Crippen molar-refractivity contribution < 1.29 is 9.53 Å². The van der Waals surface area contributed by atoms with Crippen LogP contribution in [0, 0.1) is 6.92 Å². The van der Waals surface area contributed by atoms with E-state index < -0.39 is 0 Å². The van der Waals surface area contributed by atoms with Gasteiger partial charge in [-0.15, -0.1) is 0 Å². The first-order chi connectivity index (χ1) is 9.49. The summed E-state index contributed by atoms with van der Waals surface area (Å²) in [5.74, 6) is 0.0545. The summed E-state index contributed by atoms with van der Waals surface area (Å²) < 4.78 is 7.55. The Labute approximate surface area is 119 Å². The molecule has 1 amide bonds. The summed E-state index contributed by atoms with van der Waals surface area (Å²) >= 11 is 0. The normalized spacial score (nSPS) is 30.6. The Bertz CT molecular complexity index is 525. The first-order valence-electron chi connectivity index (χ1n) is 7.22. The number of aryl methyl sites for hydroxylation is 1. The van der Waals surface area contributed by atoms with Crippen LogP contribution in [-0.2, 0) is 9.53 Å². The predicted octanol–water partition coefficient (Wildman–Crippen LogP) is 0.990. The molecule has 2 fully saturated rings. The Morgan fingerprint density at radius 3 is 2.90 bits per heavy atom. The summed E-state index contributed by atoms with van der Waals surface area (Å²) in [6.45, 7) is 9.60. The van der Waals surface area contributed by atoms with Crippen LogP contribution in [0.3, 0.4) is 0 Å². The van der Waals surface area contributed by atoms with Crippen molar-refractivity contribution in [3.8, 4) is 0 Å². The molecule has 0 aromatic carbocycles. The van der Waals surface area contributed by atoms with Crippen molar-refractivity contribution >= 4 is 5.91 Å². The van der Waals surface area contributed by atoms with Crippen LogP contribution in [0.15, 0.2) is 6.20 Å². The number of carbonyl (C=O) groups excluding carboxylic acids is 1. The van der Waals surface area contributed by atoms with E-state index in [9.17, 15) is 4.79 Å². The number of amides is 1. The fourth-order valence-corrected chi connectivity index (χ4v) is 3.09. The standard InChI is InChI=1S/C14H22N4O2/c1-8(2)18-7-11(9(3)16-18)13-15-14(19)12-10(4)20-6-5-17(12)13/h7-8,10,12-13H,5-6H2,1-4H3,(H,15,19)/t10-,12+,13?/m1/s1. The Morgan fingerprint density at radius 2 is 2.25 bits per heavy atom. The number of hydrogen-bond acceptors (Lipinski definition) is 4. The third-order valence-electron chi connectivity index (χ3n) is 4.19. The third-order valence-corrected chi connectivity index (χ3v) is 4.19. The van der Waals surface area contributed by atoms with Crippen LogP contribution in [0.2, 0.25) is 0 Å². The van der Waals surface area contributed by atoms with Gasteiger partial charge in [-0.1, -0.05) is 0 Å². The van der Waals surface area contributed by atoms with Gasteiger partial charge in [0.05, 0.1) is 18.4 Å². The smallest absolute Gasteiger partial charge is 0.241 e. The number of fused-ring (bicyclic) bond motifs is 1. The Morgan fingerprint density at radius 1 is 1.50 bits per heavy atom. The van der Waals surface area contributed by atoms with E-state index in [1.807, 2.05) is 24.7 Å². The predicted molar refractivity (Wildman–Crippen MR) is 74.1 cm³/mol. The van der Waals surface area contributed by atoms with Crippen LogP contribution < -0.4 is 5.32 Å². The lowest BCUT2D eigenvalue weighted by molar-refractivity contribution is -0.129. The van der Waals surface area contributed by atoms with E-state index in [1.165, 1.54) is 0 Å². The number of nitrogens with zero attached hydrogens (tertiary/aromatic N) is 3. The molecule has 3 rings (SSSR count). The van der Waals surface area contributed by atoms with Gasteiger partial charge >= 0.3 is 0 Å². The third kappa shape index (κ3) is 2.03. The molecule has 1 aromatic heterocycles. The van der Waals surface area contributed by atoms with Crippen LogP contribution in [0.5, 0.6) is 0 Å². The average molecular weight is 278 g/mol. The van der Waals surface area contributed by atoms with Crippen molar-refractivity contribution in [1.82, 2.24) is 20.0 Å². The molecule has 0 saturated carbocycles. The topological polar surface area (TPSA) is 59.4 Å². The van der Waals surface area contributed by atoms with Crippen LogP contribution in [0.25, 0.3) is 0 Å². The molecule has 3 heterocycles. The van der Waals surface area contributed by atoms with Crippen molar-refractivity contribution in [3.05, 3.63) is 17.5 Å². The molecule has 1 unspecified atom stereocenters. The second-order valence-electron chi connectivity index (χ2n) is 5.91. The molecule has 2 aliphatic heterocycles. The van der Waals surface area contributed by atoms with E-state index in [1.54, 1.807) is 0 Å².